The number of aromatic nitrogens is 2. The number of anilines is 1. The van der Waals surface area contributed by atoms with Gasteiger partial charge in [0.05, 0.1) is 10.4 Å². The van der Waals surface area contributed by atoms with Gasteiger partial charge in [0.1, 0.15) is 11.6 Å². The number of benzene rings is 2. The Bertz CT molecular complexity index is 1100. The fourth-order valence-electron chi connectivity index (χ4n) is 3.41. The highest BCUT2D eigenvalue weighted by Gasteiger charge is 2.29. The molecule has 3 aromatic rings. The van der Waals surface area contributed by atoms with Crippen LogP contribution in [0, 0.1) is 0 Å². The lowest BCUT2D eigenvalue weighted by Gasteiger charge is -2.35. The van der Waals surface area contributed by atoms with E-state index in [4.69, 9.17) is 16.6 Å². The maximum absolute atomic E-state index is 12.8. The first kappa shape index (κ1) is 19.1. The van der Waals surface area contributed by atoms with Gasteiger partial charge in [0.15, 0.2) is 0 Å². The van der Waals surface area contributed by atoms with Gasteiger partial charge >= 0.3 is 0 Å². The first-order valence-corrected chi connectivity index (χ1v) is 11.1. The Kier molecular flexibility index (Phi) is 5.23. The molecule has 1 aliphatic heterocycles. The molecule has 0 atom stereocenters. The highest BCUT2D eigenvalue weighted by molar-refractivity contribution is 7.89. The molecule has 8 heteroatoms. The molecule has 0 bridgehead atoms. The number of nitrogens with zero attached hydrogens (tertiary/aromatic N) is 4. The molecule has 1 aliphatic rings. The number of sulfonamides is 1. The van der Waals surface area contributed by atoms with E-state index < -0.39 is 10.0 Å². The van der Waals surface area contributed by atoms with E-state index in [0.29, 0.717) is 36.1 Å². The second-order valence-electron chi connectivity index (χ2n) is 6.68. The number of halogens is 1. The number of rotatable bonds is 4. The molecule has 0 amide bonds. The minimum Gasteiger partial charge on any atom is -0.353 e. The molecular weight excluding hydrogens is 396 g/mol. The van der Waals surface area contributed by atoms with Gasteiger partial charge in [-0.25, -0.2) is 18.4 Å². The predicted molar refractivity (Wildman–Crippen MR) is 111 cm³/mol. The first-order valence-electron chi connectivity index (χ1n) is 9.25. The van der Waals surface area contributed by atoms with Crippen LogP contribution in [0.25, 0.3) is 10.9 Å². The lowest BCUT2D eigenvalue weighted by atomic mass is 10.2. The number of piperazine rings is 1. The standard InChI is InChI=1S/C20H21ClN4O2S/c1-2-19-22-18-14-15(21)8-9-17(18)20(23-19)24-10-12-25(13-11-24)28(26,27)16-6-4-3-5-7-16/h3-9,14H,2,10-13H2,1H3. The van der Waals surface area contributed by atoms with Gasteiger partial charge < -0.3 is 4.90 Å². The second-order valence-corrected chi connectivity index (χ2v) is 9.06. The first-order chi connectivity index (χ1) is 13.5. The highest BCUT2D eigenvalue weighted by Crippen LogP contribution is 2.28. The Morgan fingerprint density at radius 3 is 2.39 bits per heavy atom. The van der Waals surface area contributed by atoms with Crippen molar-refractivity contribution in [3.8, 4) is 0 Å². The van der Waals surface area contributed by atoms with Crippen molar-refractivity contribution in [2.24, 2.45) is 0 Å². The molecular formula is C20H21ClN4O2S. The van der Waals surface area contributed by atoms with Crippen molar-refractivity contribution < 1.29 is 8.42 Å². The van der Waals surface area contributed by atoms with Crippen LogP contribution in [0.1, 0.15) is 12.7 Å². The number of hydrogen-bond donors (Lipinski definition) is 0. The molecule has 4 rings (SSSR count). The molecule has 0 N–H and O–H groups in total. The zero-order valence-electron chi connectivity index (χ0n) is 15.5. The van der Waals surface area contributed by atoms with Gasteiger partial charge in [0, 0.05) is 43.0 Å². The van der Waals surface area contributed by atoms with Crippen LogP contribution in [0.2, 0.25) is 5.02 Å². The van der Waals surface area contributed by atoms with Gasteiger partial charge in [0.2, 0.25) is 10.0 Å². The van der Waals surface area contributed by atoms with Gasteiger partial charge in [-0.1, -0.05) is 36.7 Å². The van der Waals surface area contributed by atoms with Crippen LogP contribution >= 0.6 is 11.6 Å². The van der Waals surface area contributed by atoms with E-state index in [-0.39, 0.29) is 0 Å². The van der Waals surface area contributed by atoms with E-state index in [1.165, 1.54) is 0 Å². The van der Waals surface area contributed by atoms with Crippen LogP contribution in [-0.2, 0) is 16.4 Å². The van der Waals surface area contributed by atoms with Gasteiger partial charge in [0.25, 0.3) is 0 Å². The lowest BCUT2D eigenvalue weighted by molar-refractivity contribution is 0.384. The summed E-state index contributed by atoms with van der Waals surface area (Å²) in [5.41, 5.74) is 0.814. The van der Waals surface area contributed by atoms with Crippen molar-refractivity contribution in [2.45, 2.75) is 18.2 Å². The van der Waals surface area contributed by atoms with Crippen molar-refractivity contribution >= 4 is 38.3 Å². The average Bonchev–Trinajstić information content (AvgIpc) is 2.73. The summed E-state index contributed by atoms with van der Waals surface area (Å²) in [5.74, 6) is 1.60. The molecule has 2 aromatic carbocycles. The molecule has 0 unspecified atom stereocenters. The normalized spacial score (nSPS) is 15.9. The average molecular weight is 417 g/mol. The SMILES string of the molecule is CCc1nc(N2CCN(S(=O)(=O)c3ccccc3)CC2)c2ccc(Cl)cc2n1. The van der Waals surface area contributed by atoms with Crippen LogP contribution in [0.5, 0.6) is 0 Å². The van der Waals surface area contributed by atoms with Crippen molar-refractivity contribution in [2.75, 3.05) is 31.1 Å². The minimum absolute atomic E-state index is 0.332. The molecule has 1 fully saturated rings. The van der Waals surface area contributed by atoms with Crippen molar-refractivity contribution in [3.63, 3.8) is 0 Å². The number of hydrogen-bond acceptors (Lipinski definition) is 5. The van der Waals surface area contributed by atoms with E-state index in [0.717, 1.165) is 29.0 Å². The van der Waals surface area contributed by atoms with Gasteiger partial charge in [-0.3, -0.25) is 0 Å². The van der Waals surface area contributed by atoms with Crippen molar-refractivity contribution in [1.82, 2.24) is 14.3 Å². The summed E-state index contributed by atoms with van der Waals surface area (Å²) in [6.07, 6.45) is 0.720. The summed E-state index contributed by atoms with van der Waals surface area (Å²) < 4.78 is 27.2. The largest absolute Gasteiger partial charge is 0.353 e. The Morgan fingerprint density at radius 2 is 1.71 bits per heavy atom. The van der Waals surface area contributed by atoms with E-state index in [1.54, 1.807) is 28.6 Å². The monoisotopic (exact) mass is 416 g/mol. The fourth-order valence-corrected chi connectivity index (χ4v) is 5.02. The van der Waals surface area contributed by atoms with Crippen molar-refractivity contribution in [3.05, 3.63) is 59.4 Å². The zero-order valence-corrected chi connectivity index (χ0v) is 17.1. The predicted octanol–water partition coefficient (Wildman–Crippen LogP) is 3.36. The molecule has 28 heavy (non-hydrogen) atoms. The quantitative estimate of drug-likeness (QED) is 0.652. The van der Waals surface area contributed by atoms with Crippen LogP contribution in [0.4, 0.5) is 5.82 Å². The third-order valence-corrected chi connectivity index (χ3v) is 7.07. The molecule has 0 aliphatic carbocycles. The molecule has 1 aromatic heterocycles. The topological polar surface area (TPSA) is 66.4 Å². The van der Waals surface area contributed by atoms with E-state index >= 15 is 0 Å². The van der Waals surface area contributed by atoms with Crippen LogP contribution in [0.3, 0.4) is 0 Å². The summed E-state index contributed by atoms with van der Waals surface area (Å²) >= 11 is 6.13. The maximum atomic E-state index is 12.8. The Labute approximate surface area is 169 Å². The van der Waals surface area contributed by atoms with Gasteiger partial charge in [-0.2, -0.15) is 4.31 Å². The smallest absolute Gasteiger partial charge is 0.243 e. The third kappa shape index (κ3) is 3.57. The van der Waals surface area contributed by atoms with Crippen LogP contribution in [-0.4, -0.2) is 48.9 Å². The number of fused-ring (bicyclic) bond motifs is 1. The molecule has 1 saturated heterocycles. The summed E-state index contributed by atoms with van der Waals surface area (Å²) in [5, 5.41) is 1.57. The van der Waals surface area contributed by atoms with E-state index in [1.807, 2.05) is 31.2 Å². The summed E-state index contributed by atoms with van der Waals surface area (Å²) in [7, 11) is -3.47. The van der Waals surface area contributed by atoms with Gasteiger partial charge in [-0.15, -0.1) is 0 Å². The van der Waals surface area contributed by atoms with Crippen molar-refractivity contribution in [1.29, 1.82) is 0 Å². The molecule has 0 spiro atoms. The third-order valence-electron chi connectivity index (χ3n) is 4.92. The van der Waals surface area contributed by atoms with Crippen LogP contribution in [0.15, 0.2) is 53.4 Å². The Balaban J connectivity index is 1.61. The Morgan fingerprint density at radius 1 is 1.00 bits per heavy atom. The molecule has 0 saturated carbocycles. The molecule has 146 valence electrons. The molecule has 6 nitrogen and oxygen atoms in total. The van der Waals surface area contributed by atoms with Crippen LogP contribution < -0.4 is 4.90 Å². The van der Waals surface area contributed by atoms with Gasteiger partial charge in [-0.05, 0) is 30.3 Å². The zero-order chi connectivity index (χ0) is 19.7. The van der Waals surface area contributed by atoms with E-state index in [2.05, 4.69) is 9.88 Å². The highest BCUT2D eigenvalue weighted by atomic mass is 35.5. The number of aryl methyl sites for hydroxylation is 1. The minimum atomic E-state index is -3.47. The molecule has 0 radical (unpaired) electrons. The lowest BCUT2D eigenvalue weighted by Crippen LogP contribution is -2.49. The summed E-state index contributed by atoms with van der Waals surface area (Å²) in [4.78, 5) is 11.8. The molecule has 2 heterocycles. The summed E-state index contributed by atoms with van der Waals surface area (Å²) in [6.45, 7) is 3.99. The van der Waals surface area contributed by atoms with E-state index in [9.17, 15) is 8.42 Å². The Hall–Kier alpha value is -2.22. The fraction of sp³-hybridized carbons (Fsp3) is 0.300. The summed E-state index contributed by atoms with van der Waals surface area (Å²) in [6, 6.07) is 14.2. The second kappa shape index (κ2) is 7.66. The maximum Gasteiger partial charge on any atom is 0.243 e.